The van der Waals surface area contributed by atoms with E-state index in [1.807, 2.05) is 58.0 Å². The lowest BCUT2D eigenvalue weighted by molar-refractivity contribution is -0.139. The molecule has 2 amide bonds. The van der Waals surface area contributed by atoms with Gasteiger partial charge in [-0.25, -0.2) is 4.98 Å². The Bertz CT molecular complexity index is 1100. The van der Waals surface area contributed by atoms with Crippen LogP contribution in [0.1, 0.15) is 25.7 Å². The third kappa shape index (κ3) is 3.87. The number of aryl methyl sites for hydroxylation is 1. The number of nitrogens with zero attached hydrogens (tertiary/aromatic N) is 4. The Kier molecular flexibility index (Phi) is 5.32. The molecule has 0 aliphatic carbocycles. The van der Waals surface area contributed by atoms with Gasteiger partial charge in [-0.1, -0.05) is 24.3 Å². The molecule has 0 saturated carbocycles. The molecular weight excluding hydrogens is 392 g/mol. The molecule has 3 heterocycles. The number of piperidine rings is 1. The highest BCUT2D eigenvalue weighted by molar-refractivity contribution is 5.97. The van der Waals surface area contributed by atoms with E-state index in [-0.39, 0.29) is 18.4 Å². The number of imidazole rings is 1. The first-order chi connectivity index (χ1) is 15.2. The molecule has 0 bridgehead atoms. The van der Waals surface area contributed by atoms with Gasteiger partial charge >= 0.3 is 0 Å². The molecule has 0 N–H and O–H groups in total. The normalized spacial score (nSPS) is 18.5. The lowest BCUT2D eigenvalue weighted by atomic mass is 10.1. The van der Waals surface area contributed by atoms with Crippen LogP contribution in [0.2, 0.25) is 0 Å². The molecule has 0 radical (unpaired) electrons. The highest BCUT2D eigenvalue weighted by Gasteiger charge is 2.36. The van der Waals surface area contributed by atoms with E-state index in [1.165, 1.54) is 0 Å². The topological polar surface area (TPSA) is 67.7 Å². The molecule has 0 unspecified atom stereocenters. The minimum atomic E-state index is -0.661. The number of anilines is 1. The van der Waals surface area contributed by atoms with E-state index >= 15 is 0 Å². The van der Waals surface area contributed by atoms with E-state index in [0.29, 0.717) is 18.7 Å². The summed E-state index contributed by atoms with van der Waals surface area (Å²) in [5, 5.41) is 0. The van der Waals surface area contributed by atoms with E-state index in [4.69, 9.17) is 4.74 Å². The molecule has 160 valence electrons. The Labute approximate surface area is 181 Å². The highest BCUT2D eigenvalue weighted by atomic mass is 16.5. The van der Waals surface area contributed by atoms with E-state index in [1.54, 1.807) is 11.2 Å². The maximum atomic E-state index is 13.2. The SMILES string of the molecule is O=C([C@H]1CN(C(=O)CCn2cnc3ccccc32)c2ccccc2O1)N1CCCCC1. The Hall–Kier alpha value is -3.35. The van der Waals surface area contributed by atoms with Crippen molar-refractivity contribution in [1.82, 2.24) is 14.5 Å². The van der Waals surface area contributed by atoms with Crippen molar-refractivity contribution in [3.05, 3.63) is 54.9 Å². The Morgan fingerprint density at radius 2 is 1.77 bits per heavy atom. The van der Waals surface area contributed by atoms with Crippen molar-refractivity contribution >= 4 is 28.5 Å². The third-order valence-corrected chi connectivity index (χ3v) is 6.11. The molecule has 7 heteroatoms. The van der Waals surface area contributed by atoms with Gasteiger partial charge < -0.3 is 19.1 Å². The molecule has 3 aromatic rings. The number of hydrogen-bond acceptors (Lipinski definition) is 4. The molecule has 0 spiro atoms. The highest BCUT2D eigenvalue weighted by Crippen LogP contribution is 2.34. The summed E-state index contributed by atoms with van der Waals surface area (Å²) in [7, 11) is 0. The standard InChI is InChI=1S/C24H26N4O3/c29-23(12-15-27-17-25-18-8-2-3-9-19(18)27)28-16-22(24(30)26-13-6-1-7-14-26)31-21-11-5-4-10-20(21)28/h2-5,8-11,17,22H,1,6-7,12-16H2/t22-/m1/s1. The molecule has 1 fully saturated rings. The number of ether oxygens (including phenoxy) is 1. The molecule has 2 aliphatic rings. The zero-order chi connectivity index (χ0) is 21.2. The summed E-state index contributed by atoms with van der Waals surface area (Å²) in [5.41, 5.74) is 2.65. The Morgan fingerprint density at radius 3 is 2.65 bits per heavy atom. The van der Waals surface area contributed by atoms with Gasteiger partial charge in [0.1, 0.15) is 5.75 Å². The van der Waals surface area contributed by atoms with Crippen LogP contribution in [0, 0.1) is 0 Å². The second-order valence-corrected chi connectivity index (χ2v) is 8.14. The largest absolute Gasteiger partial charge is 0.476 e. The Balaban J connectivity index is 1.33. The third-order valence-electron chi connectivity index (χ3n) is 6.11. The smallest absolute Gasteiger partial charge is 0.265 e. The van der Waals surface area contributed by atoms with Gasteiger partial charge in [0, 0.05) is 26.1 Å². The first-order valence-corrected chi connectivity index (χ1v) is 11.0. The van der Waals surface area contributed by atoms with Gasteiger partial charge in [0.2, 0.25) is 5.91 Å². The van der Waals surface area contributed by atoms with Crippen LogP contribution in [0.25, 0.3) is 11.0 Å². The van der Waals surface area contributed by atoms with Crippen LogP contribution in [0.15, 0.2) is 54.9 Å². The molecule has 7 nitrogen and oxygen atoms in total. The molecule has 31 heavy (non-hydrogen) atoms. The number of carbonyl (C=O) groups excluding carboxylic acids is 2. The predicted molar refractivity (Wildman–Crippen MR) is 118 cm³/mol. The number of carbonyl (C=O) groups is 2. The first kappa shape index (κ1) is 19.6. The number of amides is 2. The predicted octanol–water partition coefficient (Wildman–Crippen LogP) is 3.23. The van der Waals surface area contributed by atoms with E-state index < -0.39 is 6.10 Å². The summed E-state index contributed by atoms with van der Waals surface area (Å²) in [6.07, 6.45) is 4.64. The molecule has 1 atom stereocenters. The van der Waals surface area contributed by atoms with Crippen molar-refractivity contribution in [2.45, 2.75) is 38.3 Å². The van der Waals surface area contributed by atoms with Crippen LogP contribution in [0.3, 0.4) is 0 Å². The van der Waals surface area contributed by atoms with Gasteiger partial charge in [0.15, 0.2) is 6.10 Å². The Morgan fingerprint density at radius 1 is 1.00 bits per heavy atom. The van der Waals surface area contributed by atoms with Crippen LogP contribution < -0.4 is 9.64 Å². The average molecular weight is 418 g/mol. The monoisotopic (exact) mass is 418 g/mol. The zero-order valence-corrected chi connectivity index (χ0v) is 17.4. The zero-order valence-electron chi connectivity index (χ0n) is 17.4. The van der Waals surface area contributed by atoms with E-state index in [2.05, 4.69) is 4.98 Å². The quantitative estimate of drug-likeness (QED) is 0.652. The van der Waals surface area contributed by atoms with Gasteiger partial charge in [-0.05, 0) is 43.5 Å². The van der Waals surface area contributed by atoms with Gasteiger partial charge in [-0.15, -0.1) is 0 Å². The minimum absolute atomic E-state index is 0.0207. The maximum Gasteiger partial charge on any atom is 0.265 e. The lowest BCUT2D eigenvalue weighted by Crippen LogP contribution is -2.52. The summed E-state index contributed by atoms with van der Waals surface area (Å²) < 4.78 is 8.03. The first-order valence-electron chi connectivity index (χ1n) is 11.0. The number of aromatic nitrogens is 2. The van der Waals surface area contributed by atoms with Crippen LogP contribution >= 0.6 is 0 Å². The van der Waals surface area contributed by atoms with Crippen LogP contribution in [0.4, 0.5) is 5.69 Å². The lowest BCUT2D eigenvalue weighted by Gasteiger charge is -2.37. The van der Waals surface area contributed by atoms with Gasteiger partial charge in [0.05, 0.1) is 29.6 Å². The maximum absolute atomic E-state index is 13.2. The number of hydrogen-bond donors (Lipinski definition) is 0. The molecule has 5 rings (SSSR count). The number of para-hydroxylation sites is 4. The van der Waals surface area contributed by atoms with Crippen molar-refractivity contribution in [3.63, 3.8) is 0 Å². The minimum Gasteiger partial charge on any atom is -0.476 e. The number of rotatable bonds is 4. The van der Waals surface area contributed by atoms with Gasteiger partial charge in [-0.3, -0.25) is 9.59 Å². The van der Waals surface area contributed by atoms with Crippen LogP contribution in [-0.4, -0.2) is 52.0 Å². The second kappa shape index (κ2) is 8.41. The number of benzene rings is 2. The summed E-state index contributed by atoms with van der Waals surface area (Å²) >= 11 is 0. The van der Waals surface area contributed by atoms with Crippen LogP contribution in [-0.2, 0) is 16.1 Å². The molecular formula is C24H26N4O3. The van der Waals surface area contributed by atoms with Crippen molar-refractivity contribution in [3.8, 4) is 5.75 Å². The average Bonchev–Trinajstić information content (AvgIpc) is 3.25. The second-order valence-electron chi connectivity index (χ2n) is 8.14. The number of likely N-dealkylation sites (tertiary alicyclic amines) is 1. The summed E-state index contributed by atoms with van der Waals surface area (Å²) in [4.78, 5) is 34.3. The summed E-state index contributed by atoms with van der Waals surface area (Å²) in [6, 6.07) is 15.3. The summed E-state index contributed by atoms with van der Waals surface area (Å²) in [5.74, 6) is 0.545. The van der Waals surface area contributed by atoms with Crippen molar-refractivity contribution in [2.24, 2.45) is 0 Å². The fraction of sp³-hybridized carbons (Fsp3) is 0.375. The van der Waals surface area contributed by atoms with Crippen molar-refractivity contribution < 1.29 is 14.3 Å². The van der Waals surface area contributed by atoms with Gasteiger partial charge in [0.25, 0.3) is 5.91 Å². The number of fused-ring (bicyclic) bond motifs is 2. The molecule has 2 aromatic carbocycles. The molecule has 2 aliphatic heterocycles. The summed E-state index contributed by atoms with van der Waals surface area (Å²) in [6.45, 7) is 2.31. The van der Waals surface area contributed by atoms with E-state index in [9.17, 15) is 9.59 Å². The molecule has 1 saturated heterocycles. The van der Waals surface area contributed by atoms with Crippen molar-refractivity contribution in [2.75, 3.05) is 24.5 Å². The van der Waals surface area contributed by atoms with Crippen molar-refractivity contribution in [1.29, 1.82) is 0 Å². The fourth-order valence-electron chi connectivity index (χ4n) is 4.46. The van der Waals surface area contributed by atoms with E-state index in [0.717, 1.165) is 49.1 Å². The molecule has 1 aromatic heterocycles. The van der Waals surface area contributed by atoms with Crippen LogP contribution in [0.5, 0.6) is 5.75 Å². The van der Waals surface area contributed by atoms with Gasteiger partial charge in [-0.2, -0.15) is 0 Å². The fourth-order valence-corrected chi connectivity index (χ4v) is 4.46.